The minimum absolute atomic E-state index is 0.409. The van der Waals surface area contributed by atoms with Crippen molar-refractivity contribution in [2.75, 3.05) is 25.7 Å². The van der Waals surface area contributed by atoms with E-state index in [4.69, 9.17) is 8.37 Å². The summed E-state index contributed by atoms with van der Waals surface area (Å²) in [6.07, 6.45) is 8.10. The fourth-order valence-electron chi connectivity index (χ4n) is 1.35. The minimum atomic E-state index is -1.31. The molecule has 0 saturated heterocycles. The molecule has 0 aromatic heterocycles. The van der Waals surface area contributed by atoms with Crippen LogP contribution in [0.3, 0.4) is 0 Å². The Kier molecular flexibility index (Phi) is 13.7. The second-order valence-corrected chi connectivity index (χ2v) is 6.31. The summed E-state index contributed by atoms with van der Waals surface area (Å²) in [4.78, 5) is 0. The Morgan fingerprint density at radius 2 is 1.76 bits per heavy atom. The predicted molar refractivity (Wildman–Crippen MR) is 81.5 cm³/mol. The van der Waals surface area contributed by atoms with Crippen molar-refractivity contribution in [3.05, 3.63) is 25.3 Å². The Hall–Kier alpha value is -0.250. The molecule has 0 aliphatic carbocycles. The molecule has 0 heterocycles. The summed E-state index contributed by atoms with van der Waals surface area (Å²) >= 11 is 0. The molecule has 1 atom stereocenters. The zero-order valence-electron chi connectivity index (χ0n) is 12.2. The van der Waals surface area contributed by atoms with Crippen LogP contribution in [-0.4, -0.2) is 25.7 Å². The van der Waals surface area contributed by atoms with Crippen molar-refractivity contribution in [3.8, 4) is 0 Å². The van der Waals surface area contributed by atoms with Gasteiger partial charge in [0, 0.05) is 12.0 Å². The molecule has 0 saturated carbocycles. The van der Waals surface area contributed by atoms with E-state index >= 15 is 0 Å². The SMILES string of the molecule is C=CC(C=C)CCCS(C)(OC)OCC.CC. The molecule has 0 bridgehead atoms. The van der Waals surface area contributed by atoms with Crippen molar-refractivity contribution in [1.29, 1.82) is 0 Å². The first-order valence-corrected chi connectivity index (χ1v) is 8.39. The van der Waals surface area contributed by atoms with Crippen LogP contribution in [0.15, 0.2) is 25.3 Å². The lowest BCUT2D eigenvalue weighted by molar-refractivity contribution is 0.307. The Labute approximate surface area is 110 Å². The molecule has 0 aromatic rings. The van der Waals surface area contributed by atoms with E-state index in [9.17, 15) is 0 Å². The molecule has 104 valence electrons. The average Bonchev–Trinajstić information content (AvgIpc) is 2.37. The van der Waals surface area contributed by atoms with Gasteiger partial charge in [-0.05, 0) is 25.7 Å². The Bertz CT molecular complexity index is 187. The molecule has 0 fully saturated rings. The van der Waals surface area contributed by atoms with Crippen molar-refractivity contribution in [2.24, 2.45) is 5.92 Å². The van der Waals surface area contributed by atoms with Gasteiger partial charge in [0.1, 0.15) is 0 Å². The molecule has 0 aromatic carbocycles. The fourth-order valence-corrected chi connectivity index (χ4v) is 2.92. The van der Waals surface area contributed by atoms with Gasteiger partial charge in [-0.25, -0.2) is 0 Å². The second-order valence-electron chi connectivity index (χ2n) is 3.48. The molecule has 0 aliphatic heterocycles. The number of rotatable bonds is 9. The van der Waals surface area contributed by atoms with Gasteiger partial charge in [-0.15, -0.1) is 13.2 Å². The van der Waals surface area contributed by atoms with Crippen LogP contribution in [0.1, 0.15) is 33.6 Å². The van der Waals surface area contributed by atoms with Crippen LogP contribution in [0.5, 0.6) is 0 Å². The molecule has 1 unspecified atom stereocenters. The van der Waals surface area contributed by atoms with Gasteiger partial charge in [0.25, 0.3) is 0 Å². The molecule has 0 radical (unpaired) electrons. The van der Waals surface area contributed by atoms with Crippen molar-refractivity contribution in [2.45, 2.75) is 33.6 Å². The van der Waals surface area contributed by atoms with E-state index in [-0.39, 0.29) is 0 Å². The Balaban J connectivity index is 0. The van der Waals surface area contributed by atoms with Gasteiger partial charge in [0.05, 0.1) is 13.7 Å². The number of hydrogen-bond donors (Lipinski definition) is 0. The van der Waals surface area contributed by atoms with Gasteiger partial charge in [-0.2, -0.15) is 10.6 Å². The number of allylic oxidation sites excluding steroid dienone is 2. The van der Waals surface area contributed by atoms with Gasteiger partial charge in [0.2, 0.25) is 0 Å². The van der Waals surface area contributed by atoms with E-state index in [0.29, 0.717) is 12.5 Å². The van der Waals surface area contributed by atoms with Gasteiger partial charge in [-0.1, -0.05) is 26.0 Å². The molecular weight excluding hydrogens is 232 g/mol. The quantitative estimate of drug-likeness (QED) is 0.559. The minimum Gasteiger partial charge on any atom is -0.288 e. The average molecular weight is 262 g/mol. The normalized spacial score (nSPS) is 15.4. The topological polar surface area (TPSA) is 18.5 Å². The highest BCUT2D eigenvalue weighted by Gasteiger charge is 2.12. The summed E-state index contributed by atoms with van der Waals surface area (Å²) in [5.41, 5.74) is 0. The highest BCUT2D eigenvalue weighted by atomic mass is 32.3. The lowest BCUT2D eigenvalue weighted by Gasteiger charge is -2.38. The van der Waals surface area contributed by atoms with Crippen LogP contribution < -0.4 is 0 Å². The van der Waals surface area contributed by atoms with E-state index in [0.717, 1.165) is 18.6 Å². The van der Waals surface area contributed by atoms with Gasteiger partial charge in [-0.3, -0.25) is 8.37 Å². The van der Waals surface area contributed by atoms with E-state index in [2.05, 4.69) is 19.4 Å². The molecule has 17 heavy (non-hydrogen) atoms. The van der Waals surface area contributed by atoms with E-state index < -0.39 is 10.6 Å². The fraction of sp³-hybridized carbons (Fsp3) is 0.714. The van der Waals surface area contributed by atoms with Gasteiger partial charge >= 0.3 is 0 Å². The van der Waals surface area contributed by atoms with Crippen LogP contribution in [0, 0.1) is 5.92 Å². The maximum atomic E-state index is 5.64. The molecule has 0 rings (SSSR count). The van der Waals surface area contributed by atoms with Crippen LogP contribution in [0.4, 0.5) is 0 Å². The summed E-state index contributed by atoms with van der Waals surface area (Å²) in [5, 5.41) is 0. The highest BCUT2D eigenvalue weighted by molar-refractivity contribution is 8.25. The standard InChI is InChI=1S/C12H24O2S.C2H6/c1-6-12(7-2)10-9-11-15(5,13-4)14-8-3;1-2/h6-7,12H,1-2,8-11H2,3-5H3;1-2H3. The van der Waals surface area contributed by atoms with Gasteiger partial charge in [0.15, 0.2) is 0 Å². The zero-order chi connectivity index (χ0) is 13.7. The lowest BCUT2D eigenvalue weighted by atomic mass is 10.1. The third-order valence-electron chi connectivity index (χ3n) is 2.38. The maximum Gasteiger partial charge on any atom is 0.0685 e. The van der Waals surface area contributed by atoms with Crippen molar-refractivity contribution >= 4 is 10.6 Å². The molecule has 0 spiro atoms. The zero-order valence-corrected chi connectivity index (χ0v) is 13.0. The van der Waals surface area contributed by atoms with E-state index in [1.807, 2.05) is 32.9 Å². The largest absolute Gasteiger partial charge is 0.288 e. The first-order valence-electron chi connectivity index (χ1n) is 6.33. The van der Waals surface area contributed by atoms with E-state index in [1.54, 1.807) is 7.11 Å². The molecule has 0 N–H and O–H groups in total. The van der Waals surface area contributed by atoms with Crippen LogP contribution in [0.2, 0.25) is 0 Å². The predicted octanol–water partition coefficient (Wildman–Crippen LogP) is 4.73. The third kappa shape index (κ3) is 9.45. The molecule has 0 aliphatic rings. The summed E-state index contributed by atoms with van der Waals surface area (Å²) in [7, 11) is 0.418. The maximum absolute atomic E-state index is 5.64. The monoisotopic (exact) mass is 262 g/mol. The summed E-state index contributed by atoms with van der Waals surface area (Å²) in [6, 6.07) is 0. The third-order valence-corrected chi connectivity index (χ3v) is 4.85. The Morgan fingerprint density at radius 3 is 2.12 bits per heavy atom. The van der Waals surface area contributed by atoms with Crippen molar-refractivity contribution in [3.63, 3.8) is 0 Å². The molecule has 3 heteroatoms. The molecule has 2 nitrogen and oxygen atoms in total. The summed E-state index contributed by atoms with van der Waals surface area (Å²) < 4.78 is 11.1. The van der Waals surface area contributed by atoms with E-state index in [1.165, 1.54) is 0 Å². The Morgan fingerprint density at radius 1 is 1.24 bits per heavy atom. The van der Waals surface area contributed by atoms with Gasteiger partial charge < -0.3 is 0 Å². The van der Waals surface area contributed by atoms with Crippen LogP contribution in [0.25, 0.3) is 0 Å². The molecular formula is C14H30O2S. The molecule has 0 amide bonds. The second kappa shape index (κ2) is 12.2. The summed E-state index contributed by atoms with van der Waals surface area (Å²) in [6.45, 7) is 14.3. The summed E-state index contributed by atoms with van der Waals surface area (Å²) in [5.74, 6) is 1.39. The van der Waals surface area contributed by atoms with Crippen molar-refractivity contribution < 1.29 is 8.37 Å². The smallest absolute Gasteiger partial charge is 0.0685 e. The van der Waals surface area contributed by atoms with Crippen molar-refractivity contribution in [1.82, 2.24) is 0 Å². The van der Waals surface area contributed by atoms with Crippen LogP contribution in [-0.2, 0) is 8.37 Å². The lowest BCUT2D eigenvalue weighted by Crippen LogP contribution is -2.10. The highest BCUT2D eigenvalue weighted by Crippen LogP contribution is 2.46. The van der Waals surface area contributed by atoms with Crippen LogP contribution >= 0.6 is 10.6 Å². The first-order chi connectivity index (χ1) is 8.11. The first kappa shape index (κ1) is 19.1. The number of hydrogen-bond acceptors (Lipinski definition) is 2.